The van der Waals surface area contributed by atoms with E-state index in [1.165, 1.54) is 0 Å². The highest BCUT2D eigenvalue weighted by Gasteiger charge is 2.17. The van der Waals surface area contributed by atoms with Gasteiger partial charge in [-0.05, 0) is 41.0 Å². The Morgan fingerprint density at radius 2 is 1.63 bits per heavy atom. The van der Waals surface area contributed by atoms with Gasteiger partial charge in [0.1, 0.15) is 18.5 Å². The van der Waals surface area contributed by atoms with Crippen LogP contribution in [0.1, 0.15) is 11.3 Å². The summed E-state index contributed by atoms with van der Waals surface area (Å²) in [5.74, 6) is 0.926. The van der Waals surface area contributed by atoms with Crippen LogP contribution in [0.5, 0.6) is 0 Å². The van der Waals surface area contributed by atoms with Crippen LogP contribution in [-0.4, -0.2) is 34.7 Å². The lowest BCUT2D eigenvalue weighted by atomic mass is 9.92. The lowest BCUT2D eigenvalue weighted by molar-refractivity contribution is 1.04. The zero-order valence-corrected chi connectivity index (χ0v) is 18.7. The number of fused-ring (bicyclic) bond motifs is 1. The fourth-order valence-electron chi connectivity index (χ4n) is 4.23. The van der Waals surface area contributed by atoms with E-state index in [1.807, 2.05) is 54.7 Å². The number of hydrogen-bond acceptors (Lipinski definition) is 7. The number of aromatic nitrogens is 7. The third-order valence-electron chi connectivity index (χ3n) is 5.84. The van der Waals surface area contributed by atoms with Crippen molar-refractivity contribution in [1.29, 1.82) is 0 Å². The average Bonchev–Trinajstić information content (AvgIpc) is 3.45. The van der Waals surface area contributed by atoms with Gasteiger partial charge in [0.05, 0.1) is 22.8 Å². The monoisotopic (exact) mass is 456 g/mol. The molecule has 4 heterocycles. The molecule has 0 bridgehead atoms. The topological polar surface area (TPSA) is 108 Å². The summed E-state index contributed by atoms with van der Waals surface area (Å²) in [5, 5.41) is 8.55. The Kier molecular flexibility index (Phi) is 5.16. The van der Waals surface area contributed by atoms with Crippen molar-refractivity contribution in [1.82, 2.24) is 34.7 Å². The van der Waals surface area contributed by atoms with Crippen molar-refractivity contribution in [3.8, 4) is 28.2 Å². The van der Waals surface area contributed by atoms with Crippen LogP contribution in [0.2, 0.25) is 0 Å². The quantitative estimate of drug-likeness (QED) is 0.407. The van der Waals surface area contributed by atoms with Crippen LogP contribution >= 0.6 is 0 Å². The molecule has 0 spiro atoms. The summed E-state index contributed by atoms with van der Waals surface area (Å²) in [5.41, 5.74) is 13.1. The van der Waals surface area contributed by atoms with Gasteiger partial charge in [0.15, 0.2) is 5.82 Å². The molecular weight excluding hydrogens is 436 g/mol. The van der Waals surface area contributed by atoms with Crippen LogP contribution in [0.4, 0.5) is 5.82 Å². The van der Waals surface area contributed by atoms with Crippen molar-refractivity contribution in [3.05, 3.63) is 109 Å². The number of benzene rings is 2. The standard InChI is InChI=1S/C27H20N8/c28-26-25-23(33-27(34-26)20-13-22(15-29-14-20)35-16-31-32-17-35)10-9-19(12-21-8-4-5-11-30-21)24(25)18-6-2-1-3-7-18/h1-11,13-17H,12H2,(H2,28,33,34). The van der Waals surface area contributed by atoms with Gasteiger partial charge in [0.2, 0.25) is 0 Å². The van der Waals surface area contributed by atoms with Gasteiger partial charge in [0.25, 0.3) is 0 Å². The summed E-state index contributed by atoms with van der Waals surface area (Å²) in [4.78, 5) is 18.4. The van der Waals surface area contributed by atoms with E-state index < -0.39 is 0 Å². The van der Waals surface area contributed by atoms with Gasteiger partial charge < -0.3 is 5.73 Å². The van der Waals surface area contributed by atoms with E-state index in [-0.39, 0.29) is 0 Å². The number of hydrogen-bond donors (Lipinski definition) is 1. The zero-order chi connectivity index (χ0) is 23.6. The highest BCUT2D eigenvalue weighted by molar-refractivity contribution is 6.03. The molecule has 2 aromatic carbocycles. The lowest BCUT2D eigenvalue weighted by Gasteiger charge is -2.15. The summed E-state index contributed by atoms with van der Waals surface area (Å²) in [7, 11) is 0. The van der Waals surface area contributed by atoms with Crippen molar-refractivity contribution in [2.45, 2.75) is 6.42 Å². The highest BCUT2D eigenvalue weighted by Crippen LogP contribution is 2.36. The van der Waals surface area contributed by atoms with Crippen molar-refractivity contribution in [3.63, 3.8) is 0 Å². The van der Waals surface area contributed by atoms with Gasteiger partial charge in [-0.2, -0.15) is 0 Å². The summed E-state index contributed by atoms with van der Waals surface area (Å²) in [6.07, 6.45) is 9.17. The van der Waals surface area contributed by atoms with Gasteiger partial charge in [-0.25, -0.2) is 9.97 Å². The molecule has 8 nitrogen and oxygen atoms in total. The van der Waals surface area contributed by atoms with Crippen LogP contribution < -0.4 is 5.73 Å². The minimum atomic E-state index is 0.418. The molecular formula is C27H20N8. The lowest BCUT2D eigenvalue weighted by Crippen LogP contribution is -2.03. The molecule has 0 saturated heterocycles. The Morgan fingerprint density at radius 1 is 0.800 bits per heavy atom. The summed E-state index contributed by atoms with van der Waals surface area (Å²) < 4.78 is 1.78. The maximum atomic E-state index is 6.62. The summed E-state index contributed by atoms with van der Waals surface area (Å²) in [6, 6.07) is 22.2. The van der Waals surface area contributed by atoms with Crippen molar-refractivity contribution >= 4 is 16.7 Å². The molecule has 2 N–H and O–H groups in total. The zero-order valence-electron chi connectivity index (χ0n) is 18.7. The third-order valence-corrected chi connectivity index (χ3v) is 5.84. The number of anilines is 1. The van der Waals surface area contributed by atoms with Crippen molar-refractivity contribution in [2.75, 3.05) is 5.73 Å². The predicted octanol–water partition coefficient (Wildman–Crippen LogP) is 4.51. The maximum Gasteiger partial charge on any atom is 0.163 e. The highest BCUT2D eigenvalue weighted by atomic mass is 15.2. The van der Waals surface area contributed by atoms with Gasteiger partial charge in [-0.1, -0.05) is 42.5 Å². The smallest absolute Gasteiger partial charge is 0.163 e. The molecule has 0 fully saturated rings. The van der Waals surface area contributed by atoms with Gasteiger partial charge in [0, 0.05) is 30.1 Å². The number of nitrogen functional groups attached to an aromatic ring is 1. The molecule has 168 valence electrons. The Bertz CT molecular complexity index is 1610. The summed E-state index contributed by atoms with van der Waals surface area (Å²) in [6.45, 7) is 0. The minimum absolute atomic E-state index is 0.418. The molecule has 0 amide bonds. The van der Waals surface area contributed by atoms with Crippen LogP contribution in [0.15, 0.2) is 98.0 Å². The molecule has 8 heteroatoms. The molecule has 6 aromatic rings. The Morgan fingerprint density at radius 3 is 2.43 bits per heavy atom. The first-order valence-corrected chi connectivity index (χ1v) is 11.1. The first-order chi connectivity index (χ1) is 17.3. The first kappa shape index (κ1) is 20.6. The Balaban J connectivity index is 1.52. The second-order valence-electron chi connectivity index (χ2n) is 8.09. The second-order valence-corrected chi connectivity index (χ2v) is 8.09. The molecule has 4 aromatic heterocycles. The van der Waals surface area contributed by atoms with E-state index in [2.05, 4.69) is 38.4 Å². The number of nitrogens with zero attached hydrogens (tertiary/aromatic N) is 7. The molecule has 0 radical (unpaired) electrons. The molecule has 6 rings (SSSR count). The molecule has 35 heavy (non-hydrogen) atoms. The van der Waals surface area contributed by atoms with E-state index in [9.17, 15) is 0 Å². The first-order valence-electron chi connectivity index (χ1n) is 11.1. The van der Waals surface area contributed by atoms with E-state index in [0.29, 0.717) is 18.1 Å². The molecule has 0 aliphatic heterocycles. The maximum absolute atomic E-state index is 6.62. The molecule has 0 aliphatic carbocycles. The largest absolute Gasteiger partial charge is 0.383 e. The number of rotatable bonds is 5. The van der Waals surface area contributed by atoms with Crippen LogP contribution in [0, 0.1) is 0 Å². The fourth-order valence-corrected chi connectivity index (χ4v) is 4.23. The Hall–Kier alpha value is -4.98. The number of nitrogens with two attached hydrogens (primary N) is 1. The normalized spacial score (nSPS) is 11.1. The predicted molar refractivity (Wildman–Crippen MR) is 135 cm³/mol. The average molecular weight is 457 g/mol. The van der Waals surface area contributed by atoms with E-state index in [0.717, 1.165) is 44.5 Å². The van der Waals surface area contributed by atoms with Crippen molar-refractivity contribution < 1.29 is 0 Å². The minimum Gasteiger partial charge on any atom is -0.383 e. The van der Waals surface area contributed by atoms with Gasteiger partial charge in [-0.3, -0.25) is 14.5 Å². The van der Waals surface area contributed by atoms with Crippen molar-refractivity contribution in [2.24, 2.45) is 0 Å². The molecule has 0 atom stereocenters. The van der Waals surface area contributed by atoms with E-state index >= 15 is 0 Å². The van der Waals surface area contributed by atoms with Crippen LogP contribution in [0.3, 0.4) is 0 Å². The fraction of sp³-hybridized carbons (Fsp3) is 0.0370. The SMILES string of the molecule is Nc1nc(-c2cncc(-n3cnnc3)c2)nc2ccc(Cc3ccccn3)c(-c3ccccc3)c12. The third kappa shape index (κ3) is 3.97. The molecule has 0 aliphatic rings. The second kappa shape index (κ2) is 8.75. The molecule has 0 saturated carbocycles. The number of pyridine rings is 2. The Labute approximate surface area is 201 Å². The van der Waals surface area contributed by atoms with E-state index in [4.69, 9.17) is 15.7 Å². The van der Waals surface area contributed by atoms with Crippen LogP contribution in [-0.2, 0) is 6.42 Å². The van der Waals surface area contributed by atoms with Crippen LogP contribution in [0.25, 0.3) is 39.1 Å². The van der Waals surface area contributed by atoms with Gasteiger partial charge >= 0.3 is 0 Å². The van der Waals surface area contributed by atoms with E-state index in [1.54, 1.807) is 29.6 Å². The summed E-state index contributed by atoms with van der Waals surface area (Å²) >= 11 is 0. The van der Waals surface area contributed by atoms with Gasteiger partial charge in [-0.15, -0.1) is 10.2 Å². The molecule has 0 unspecified atom stereocenters.